The summed E-state index contributed by atoms with van der Waals surface area (Å²) in [5.74, 6) is -0.930. The largest absolute Gasteiger partial charge is 0.478 e. The number of carbonyl (C=O) groups is 3. The van der Waals surface area contributed by atoms with Gasteiger partial charge in [0.05, 0.1) is 11.6 Å². The average Bonchev–Trinajstić information content (AvgIpc) is 2.95. The van der Waals surface area contributed by atoms with Gasteiger partial charge in [0.2, 0.25) is 0 Å². The number of ether oxygens (including phenoxy) is 1. The minimum Gasteiger partial charge on any atom is -0.478 e. The number of fused-ring (bicyclic) bond motifs is 2. The van der Waals surface area contributed by atoms with Gasteiger partial charge in [-0.25, -0.2) is 9.59 Å². The minimum absolute atomic E-state index is 0.0522. The van der Waals surface area contributed by atoms with Crippen molar-refractivity contribution in [1.82, 2.24) is 9.80 Å². The Hall–Kier alpha value is -4.43. The molecule has 1 saturated heterocycles. The second-order valence-corrected chi connectivity index (χ2v) is 10.9. The van der Waals surface area contributed by atoms with E-state index < -0.39 is 17.7 Å². The van der Waals surface area contributed by atoms with Crippen LogP contribution in [0.25, 0.3) is 21.5 Å². The molecule has 0 aliphatic carbocycles. The van der Waals surface area contributed by atoms with E-state index in [2.05, 4.69) is 0 Å². The van der Waals surface area contributed by atoms with Crippen molar-refractivity contribution in [3.8, 4) is 0 Å². The maximum atomic E-state index is 13.2. The molecule has 1 aliphatic heterocycles. The van der Waals surface area contributed by atoms with Crippen LogP contribution >= 0.6 is 0 Å². The third kappa shape index (κ3) is 7.21. The van der Waals surface area contributed by atoms with Crippen LogP contribution in [0.4, 0.5) is 4.79 Å². The Bertz CT molecular complexity index is 1530. The highest BCUT2D eigenvalue weighted by atomic mass is 16.6. The third-order valence-corrected chi connectivity index (χ3v) is 6.90. The van der Waals surface area contributed by atoms with Crippen LogP contribution in [0.2, 0.25) is 0 Å². The summed E-state index contributed by atoms with van der Waals surface area (Å²) in [5, 5.41) is 22.0. The molecule has 0 aromatic heterocycles. The highest BCUT2D eigenvalue weighted by molar-refractivity contribution is 6.07. The van der Waals surface area contributed by atoms with Gasteiger partial charge in [0.15, 0.2) is 0 Å². The smallest absolute Gasteiger partial charge is 0.410 e. The number of hydrogen-bond donors (Lipinski definition) is 2. The number of hydrogen-bond acceptors (Lipinski definition) is 5. The lowest BCUT2D eigenvalue weighted by Gasteiger charge is -2.41. The molecule has 0 saturated carbocycles. The van der Waals surface area contributed by atoms with Gasteiger partial charge in [-0.05, 0) is 60.9 Å². The zero-order chi connectivity index (χ0) is 29.6. The summed E-state index contributed by atoms with van der Waals surface area (Å²) in [6.45, 7) is 6.62. The molecule has 4 aromatic carbocycles. The van der Waals surface area contributed by atoms with Crippen molar-refractivity contribution >= 4 is 39.5 Å². The van der Waals surface area contributed by atoms with Crippen LogP contribution in [-0.2, 0) is 4.74 Å². The summed E-state index contributed by atoms with van der Waals surface area (Å²) in [4.78, 5) is 40.0. The molecule has 0 radical (unpaired) electrons. The van der Waals surface area contributed by atoms with Crippen molar-refractivity contribution < 1.29 is 29.3 Å². The van der Waals surface area contributed by atoms with Crippen LogP contribution in [0.3, 0.4) is 0 Å². The summed E-state index contributed by atoms with van der Waals surface area (Å²) >= 11 is 0. The number of carboxylic acid groups (broad SMARTS) is 1. The highest BCUT2D eigenvalue weighted by Crippen LogP contribution is 2.23. The second kappa shape index (κ2) is 12.8. The SMILES string of the molecule is CC(C)(C)OC(=O)N1CCN(C(=O)c2cccc3ccccc23)C[C@@H]1CCO.O=C(O)c1cccc2ccccc12. The monoisotopic (exact) mass is 556 g/mol. The Balaban J connectivity index is 0.000000247. The fourth-order valence-corrected chi connectivity index (χ4v) is 4.99. The van der Waals surface area contributed by atoms with Crippen molar-refractivity contribution in [2.24, 2.45) is 0 Å². The van der Waals surface area contributed by atoms with Crippen LogP contribution in [0.15, 0.2) is 84.9 Å². The maximum Gasteiger partial charge on any atom is 0.410 e. The zero-order valence-corrected chi connectivity index (χ0v) is 23.6. The predicted octanol–water partition coefficient (Wildman–Crippen LogP) is 5.82. The fourth-order valence-electron chi connectivity index (χ4n) is 4.99. The molecule has 8 heteroatoms. The number of aromatic carboxylic acids is 1. The Kier molecular flexibility index (Phi) is 9.24. The first-order valence-electron chi connectivity index (χ1n) is 13.7. The molecule has 41 heavy (non-hydrogen) atoms. The number of carboxylic acids is 1. The maximum absolute atomic E-state index is 13.2. The van der Waals surface area contributed by atoms with Gasteiger partial charge in [0.25, 0.3) is 5.91 Å². The van der Waals surface area contributed by atoms with Crippen LogP contribution in [0.5, 0.6) is 0 Å². The summed E-state index contributed by atoms with van der Waals surface area (Å²) in [5.41, 5.74) is 0.432. The molecule has 2 N–H and O–H groups in total. The molecule has 0 bridgehead atoms. The van der Waals surface area contributed by atoms with Crippen molar-refractivity contribution in [3.63, 3.8) is 0 Å². The lowest BCUT2D eigenvalue weighted by molar-refractivity contribution is -0.00399. The number of aliphatic hydroxyl groups excluding tert-OH is 1. The molecule has 5 rings (SSSR count). The van der Waals surface area contributed by atoms with E-state index in [1.807, 2.05) is 93.6 Å². The lowest BCUT2D eigenvalue weighted by Crippen LogP contribution is -2.57. The van der Waals surface area contributed by atoms with Crippen molar-refractivity contribution in [3.05, 3.63) is 96.1 Å². The molecule has 0 unspecified atom stereocenters. The van der Waals surface area contributed by atoms with E-state index in [9.17, 15) is 19.5 Å². The molecular formula is C33H36N2O6. The average molecular weight is 557 g/mol. The van der Waals surface area contributed by atoms with Gasteiger partial charge < -0.3 is 24.7 Å². The first kappa shape index (κ1) is 29.6. The number of piperazine rings is 1. The van der Waals surface area contributed by atoms with E-state index in [0.717, 1.165) is 21.5 Å². The number of benzene rings is 4. The zero-order valence-electron chi connectivity index (χ0n) is 23.6. The van der Waals surface area contributed by atoms with Gasteiger partial charge >= 0.3 is 12.1 Å². The topological polar surface area (TPSA) is 107 Å². The van der Waals surface area contributed by atoms with Gasteiger partial charge in [-0.2, -0.15) is 0 Å². The van der Waals surface area contributed by atoms with E-state index >= 15 is 0 Å². The standard InChI is InChI=1S/C22H28N2O4.C11H8O2/c1-22(2,3)28-21(27)24-13-12-23(15-17(24)11-14-25)20(26)19-10-6-8-16-7-4-5-9-18(16)19;12-11(13)10-7-3-5-8-4-1-2-6-9(8)10/h4-10,17,25H,11-15H2,1-3H3;1-7H,(H,12,13)/t17-;/m0./s1. The lowest BCUT2D eigenvalue weighted by atomic mass is 10.0. The first-order valence-corrected chi connectivity index (χ1v) is 13.7. The Morgan fingerprint density at radius 1 is 0.805 bits per heavy atom. The molecule has 1 aliphatic rings. The van der Waals surface area contributed by atoms with Crippen molar-refractivity contribution in [2.75, 3.05) is 26.2 Å². The Morgan fingerprint density at radius 2 is 1.34 bits per heavy atom. The molecular weight excluding hydrogens is 520 g/mol. The Labute approximate surface area is 239 Å². The van der Waals surface area contributed by atoms with E-state index in [0.29, 0.717) is 37.2 Å². The number of carbonyl (C=O) groups excluding carboxylic acids is 2. The summed E-state index contributed by atoms with van der Waals surface area (Å²) in [7, 11) is 0. The third-order valence-electron chi connectivity index (χ3n) is 6.90. The summed E-state index contributed by atoms with van der Waals surface area (Å²) in [6, 6.07) is 26.0. The van der Waals surface area contributed by atoms with Crippen molar-refractivity contribution in [1.29, 1.82) is 0 Å². The number of rotatable bonds is 4. The predicted molar refractivity (Wildman–Crippen MR) is 159 cm³/mol. The first-order chi connectivity index (χ1) is 19.6. The molecule has 1 atom stereocenters. The fraction of sp³-hybridized carbons (Fsp3) is 0.303. The quantitative estimate of drug-likeness (QED) is 0.328. The number of aliphatic hydroxyl groups is 1. The number of amides is 2. The number of nitrogens with zero attached hydrogens (tertiary/aromatic N) is 2. The van der Waals surface area contributed by atoms with E-state index in [4.69, 9.17) is 9.84 Å². The molecule has 4 aromatic rings. The molecule has 2 amide bonds. The van der Waals surface area contributed by atoms with Gasteiger partial charge in [0, 0.05) is 31.8 Å². The highest BCUT2D eigenvalue weighted by Gasteiger charge is 2.35. The summed E-state index contributed by atoms with van der Waals surface area (Å²) < 4.78 is 5.49. The van der Waals surface area contributed by atoms with Crippen LogP contribution < -0.4 is 0 Å². The molecule has 1 fully saturated rings. The van der Waals surface area contributed by atoms with Gasteiger partial charge in [-0.1, -0.05) is 72.8 Å². The molecule has 8 nitrogen and oxygen atoms in total. The van der Waals surface area contributed by atoms with Crippen LogP contribution in [0, 0.1) is 0 Å². The minimum atomic E-state index is -0.878. The van der Waals surface area contributed by atoms with E-state index in [1.54, 1.807) is 21.9 Å². The van der Waals surface area contributed by atoms with Crippen molar-refractivity contribution in [2.45, 2.75) is 38.8 Å². The van der Waals surface area contributed by atoms with Crippen LogP contribution in [-0.4, -0.2) is 75.9 Å². The van der Waals surface area contributed by atoms with Crippen LogP contribution in [0.1, 0.15) is 47.9 Å². The second-order valence-electron chi connectivity index (χ2n) is 10.9. The Morgan fingerprint density at radius 3 is 1.90 bits per heavy atom. The molecule has 1 heterocycles. The van der Waals surface area contributed by atoms with Gasteiger partial charge in [0.1, 0.15) is 5.60 Å². The summed E-state index contributed by atoms with van der Waals surface area (Å²) in [6.07, 6.45) is 0.00154. The molecule has 214 valence electrons. The van der Waals surface area contributed by atoms with E-state index in [1.165, 1.54) is 0 Å². The normalized spacial score (nSPS) is 15.3. The van der Waals surface area contributed by atoms with Gasteiger partial charge in [-0.3, -0.25) is 4.79 Å². The molecule has 0 spiro atoms. The van der Waals surface area contributed by atoms with Gasteiger partial charge in [-0.15, -0.1) is 0 Å². The van der Waals surface area contributed by atoms with E-state index in [-0.39, 0.29) is 18.6 Å².